The minimum absolute atomic E-state index is 0.597. The third kappa shape index (κ3) is 6.36. The first-order valence-electron chi connectivity index (χ1n) is 6.86. The van der Waals surface area contributed by atoms with Crippen LogP contribution in [-0.4, -0.2) is 21.3 Å². The molecule has 2 aromatic carbocycles. The van der Waals surface area contributed by atoms with E-state index in [1.54, 1.807) is 0 Å². The molecule has 0 spiro atoms. The van der Waals surface area contributed by atoms with Gasteiger partial charge in [0, 0.05) is 12.0 Å². The number of benzene rings is 2. The molecule has 1 aliphatic heterocycles. The molecule has 0 amide bonds. The summed E-state index contributed by atoms with van der Waals surface area (Å²) in [5.74, 6) is 0.789. The van der Waals surface area contributed by atoms with Gasteiger partial charge in [-0.1, -0.05) is 54.6 Å². The summed E-state index contributed by atoms with van der Waals surface area (Å²) in [6.45, 7) is 0.597. The monoisotopic (exact) mass is 336 g/mol. The fraction of sp³-hybridized carbons (Fsp3) is 0.125. The topological polar surface area (TPSA) is 96.2 Å². The van der Waals surface area contributed by atoms with Gasteiger partial charge in [0.1, 0.15) is 0 Å². The molecule has 122 valence electrons. The fourth-order valence-electron chi connectivity index (χ4n) is 2.07. The Kier molecular flexibility index (Phi) is 6.10. The average Bonchev–Trinajstić information content (AvgIpc) is 2.60. The summed E-state index contributed by atoms with van der Waals surface area (Å²) in [6, 6.07) is 16.3. The second-order valence-electron chi connectivity index (χ2n) is 4.74. The molecule has 1 heterocycles. The Labute approximate surface area is 133 Å². The molecule has 2 aromatic rings. The molecule has 0 fully saturated rings. The van der Waals surface area contributed by atoms with Crippen LogP contribution in [0.25, 0.3) is 12.2 Å². The lowest BCUT2D eigenvalue weighted by molar-refractivity contribution is -0.203. The van der Waals surface area contributed by atoms with Crippen LogP contribution in [0.4, 0.5) is 0 Å². The molecule has 0 aliphatic carbocycles. The third-order valence-electron chi connectivity index (χ3n) is 3.00. The molecule has 3 rings (SSSR count). The lowest BCUT2D eigenvalue weighted by atomic mass is 10.0. The number of phosphoric acid groups is 1. The zero-order valence-corrected chi connectivity index (χ0v) is 13.1. The Bertz CT molecular complexity index is 675. The molecule has 0 unspecified atom stereocenters. The molecule has 0 radical (unpaired) electrons. The SMILES string of the molecule is C(=Cc1c2cccc1OOCC2)c1ccccc1.O=P(O)(O)O. The first-order chi connectivity index (χ1) is 10.9. The predicted octanol–water partition coefficient (Wildman–Crippen LogP) is 2.79. The standard InChI is InChI=1S/C16H14O2.H3O4P/c1-2-5-13(6-3-1)9-10-15-14-7-4-8-16(15)18-17-12-11-14;1-5(2,3)4/h1-10H,11-12H2;(H3,1,2,3,4). The summed E-state index contributed by atoms with van der Waals surface area (Å²) in [6.07, 6.45) is 5.06. The van der Waals surface area contributed by atoms with Gasteiger partial charge in [-0.25, -0.2) is 4.57 Å². The van der Waals surface area contributed by atoms with Gasteiger partial charge in [0.25, 0.3) is 0 Å². The molecule has 0 aromatic heterocycles. The van der Waals surface area contributed by atoms with Crippen LogP contribution in [0.2, 0.25) is 0 Å². The van der Waals surface area contributed by atoms with Crippen molar-refractivity contribution in [2.75, 3.05) is 6.61 Å². The van der Waals surface area contributed by atoms with Crippen LogP contribution in [0.15, 0.2) is 48.5 Å². The van der Waals surface area contributed by atoms with Crippen LogP contribution in [0.3, 0.4) is 0 Å². The molecule has 6 nitrogen and oxygen atoms in total. The number of rotatable bonds is 2. The average molecular weight is 336 g/mol. The number of hydrogen-bond acceptors (Lipinski definition) is 3. The van der Waals surface area contributed by atoms with E-state index in [0.29, 0.717) is 6.61 Å². The van der Waals surface area contributed by atoms with Gasteiger partial charge in [-0.15, -0.1) is 0 Å². The highest BCUT2D eigenvalue weighted by Gasteiger charge is 2.11. The second-order valence-corrected chi connectivity index (χ2v) is 5.77. The molecule has 3 N–H and O–H groups in total. The summed E-state index contributed by atoms with van der Waals surface area (Å²) >= 11 is 0. The Balaban J connectivity index is 0.000000338. The zero-order chi connectivity index (χ0) is 16.7. The van der Waals surface area contributed by atoms with Gasteiger partial charge in [-0.2, -0.15) is 4.89 Å². The first kappa shape index (κ1) is 17.4. The van der Waals surface area contributed by atoms with E-state index in [0.717, 1.165) is 17.7 Å². The maximum absolute atomic E-state index is 8.88. The van der Waals surface area contributed by atoms with Gasteiger partial charge >= 0.3 is 7.82 Å². The van der Waals surface area contributed by atoms with Gasteiger partial charge in [0.15, 0.2) is 5.75 Å². The van der Waals surface area contributed by atoms with Crippen molar-refractivity contribution < 1.29 is 29.0 Å². The van der Waals surface area contributed by atoms with Gasteiger partial charge in [-0.3, -0.25) is 0 Å². The first-order valence-corrected chi connectivity index (χ1v) is 8.43. The van der Waals surface area contributed by atoms with E-state index in [-0.39, 0.29) is 0 Å². The van der Waals surface area contributed by atoms with Crippen LogP contribution >= 0.6 is 7.82 Å². The Morgan fingerprint density at radius 3 is 2.35 bits per heavy atom. The van der Waals surface area contributed by atoms with Gasteiger partial charge < -0.3 is 19.6 Å². The number of fused-ring (bicyclic) bond motifs is 2. The molecule has 7 heteroatoms. The molecule has 0 atom stereocenters. The highest BCUT2D eigenvalue weighted by Crippen LogP contribution is 2.28. The highest BCUT2D eigenvalue weighted by atomic mass is 31.2. The largest absolute Gasteiger partial charge is 0.466 e. The summed E-state index contributed by atoms with van der Waals surface area (Å²) in [5.41, 5.74) is 3.55. The van der Waals surface area contributed by atoms with Crippen LogP contribution in [0.1, 0.15) is 16.7 Å². The quantitative estimate of drug-likeness (QED) is 0.443. The molecule has 1 aliphatic rings. The Morgan fingerprint density at radius 2 is 1.65 bits per heavy atom. The normalized spacial score (nSPS) is 13.7. The molecular formula is C16H17O6P. The maximum Gasteiger partial charge on any atom is 0.466 e. The summed E-state index contributed by atoms with van der Waals surface area (Å²) in [5, 5.41) is 0. The fourth-order valence-corrected chi connectivity index (χ4v) is 2.07. The molecule has 23 heavy (non-hydrogen) atoms. The molecule has 0 saturated carbocycles. The Morgan fingerprint density at radius 1 is 0.957 bits per heavy atom. The van der Waals surface area contributed by atoms with Crippen molar-refractivity contribution in [3.05, 3.63) is 65.2 Å². The summed E-state index contributed by atoms with van der Waals surface area (Å²) in [7, 11) is -4.64. The number of hydrogen-bond donors (Lipinski definition) is 3. The van der Waals surface area contributed by atoms with Crippen molar-refractivity contribution in [3.63, 3.8) is 0 Å². The van der Waals surface area contributed by atoms with Crippen LogP contribution in [0.5, 0.6) is 5.75 Å². The van der Waals surface area contributed by atoms with Crippen molar-refractivity contribution in [2.45, 2.75) is 6.42 Å². The highest BCUT2D eigenvalue weighted by molar-refractivity contribution is 7.45. The van der Waals surface area contributed by atoms with Crippen LogP contribution in [-0.2, 0) is 15.9 Å². The third-order valence-corrected chi connectivity index (χ3v) is 3.00. The van der Waals surface area contributed by atoms with E-state index in [4.69, 9.17) is 29.0 Å². The van der Waals surface area contributed by atoms with E-state index < -0.39 is 7.82 Å². The van der Waals surface area contributed by atoms with Crippen LogP contribution < -0.4 is 4.89 Å². The van der Waals surface area contributed by atoms with E-state index in [1.165, 1.54) is 11.1 Å². The van der Waals surface area contributed by atoms with Gasteiger partial charge in [0.2, 0.25) is 0 Å². The smallest absolute Gasteiger partial charge is 0.337 e. The van der Waals surface area contributed by atoms with Crippen molar-refractivity contribution >= 4 is 20.0 Å². The van der Waals surface area contributed by atoms with Crippen molar-refractivity contribution in [3.8, 4) is 5.75 Å². The molecule has 2 bridgehead atoms. The van der Waals surface area contributed by atoms with Gasteiger partial charge in [-0.05, 0) is 17.2 Å². The lowest BCUT2D eigenvalue weighted by Crippen LogP contribution is -1.96. The lowest BCUT2D eigenvalue weighted by Gasteiger charge is -2.04. The molecule has 0 saturated heterocycles. The minimum atomic E-state index is -4.64. The van der Waals surface area contributed by atoms with Crippen LogP contribution in [0, 0.1) is 0 Å². The van der Waals surface area contributed by atoms with E-state index in [1.807, 2.05) is 30.3 Å². The predicted molar refractivity (Wildman–Crippen MR) is 86.4 cm³/mol. The van der Waals surface area contributed by atoms with Gasteiger partial charge in [0.05, 0.1) is 6.61 Å². The maximum atomic E-state index is 8.88. The van der Waals surface area contributed by atoms with E-state index >= 15 is 0 Å². The zero-order valence-electron chi connectivity index (χ0n) is 12.2. The van der Waals surface area contributed by atoms with Crippen molar-refractivity contribution in [1.82, 2.24) is 0 Å². The molecular weight excluding hydrogens is 319 g/mol. The summed E-state index contributed by atoms with van der Waals surface area (Å²) in [4.78, 5) is 31.9. The second kappa shape index (κ2) is 8.06. The summed E-state index contributed by atoms with van der Waals surface area (Å²) < 4.78 is 8.88. The van der Waals surface area contributed by atoms with E-state index in [9.17, 15) is 0 Å². The van der Waals surface area contributed by atoms with Crippen molar-refractivity contribution in [1.29, 1.82) is 0 Å². The van der Waals surface area contributed by atoms with Crippen molar-refractivity contribution in [2.24, 2.45) is 0 Å². The van der Waals surface area contributed by atoms with E-state index in [2.05, 4.69) is 30.4 Å². The Hall–Kier alpha value is -1.95. The minimum Gasteiger partial charge on any atom is -0.337 e.